The van der Waals surface area contributed by atoms with Gasteiger partial charge in [-0.2, -0.15) is 0 Å². The summed E-state index contributed by atoms with van der Waals surface area (Å²) in [6.07, 6.45) is 1.75. The molecule has 2 atom stereocenters. The predicted octanol–water partition coefficient (Wildman–Crippen LogP) is 1.49. The third-order valence-electron chi connectivity index (χ3n) is 3.44. The van der Waals surface area contributed by atoms with Crippen LogP contribution in [0.25, 0.3) is 0 Å². The Hall–Kier alpha value is -0.220. The van der Waals surface area contributed by atoms with Crippen LogP contribution < -0.4 is 0 Å². The fourth-order valence-corrected chi connectivity index (χ4v) is 2.29. The first-order valence-corrected chi connectivity index (χ1v) is 5.20. The molecule has 0 spiro atoms. The molecule has 0 radical (unpaired) electrons. The largest absolute Gasteiger partial charge is 0.389 e. The number of aliphatic hydroxyl groups is 1. The summed E-state index contributed by atoms with van der Waals surface area (Å²) in [5.74, 6) is -2.89. The molecule has 1 saturated heterocycles. The molecule has 2 fully saturated rings. The fraction of sp³-hybridized carbons (Fsp3) is 1.00. The molecule has 2 unspecified atom stereocenters. The van der Waals surface area contributed by atoms with Crippen molar-refractivity contribution in [3.8, 4) is 0 Å². The Morgan fingerprint density at radius 1 is 1.50 bits per heavy atom. The summed E-state index contributed by atoms with van der Waals surface area (Å²) in [6, 6.07) is 0. The lowest BCUT2D eigenvalue weighted by Gasteiger charge is -2.22. The number of likely N-dealkylation sites (tertiary alicyclic amines) is 1. The molecule has 2 nitrogen and oxygen atoms in total. The van der Waals surface area contributed by atoms with Gasteiger partial charge < -0.3 is 10.0 Å². The van der Waals surface area contributed by atoms with E-state index in [0.29, 0.717) is 19.4 Å². The fourth-order valence-electron chi connectivity index (χ4n) is 2.29. The number of nitrogens with zero attached hydrogens (tertiary/aromatic N) is 1. The van der Waals surface area contributed by atoms with Crippen LogP contribution in [0.1, 0.15) is 25.7 Å². The van der Waals surface area contributed by atoms with Gasteiger partial charge in [-0.3, -0.25) is 0 Å². The molecule has 0 aromatic carbocycles. The molecule has 0 bridgehead atoms. The van der Waals surface area contributed by atoms with E-state index in [1.807, 2.05) is 11.9 Å². The van der Waals surface area contributed by atoms with Gasteiger partial charge in [0, 0.05) is 25.4 Å². The van der Waals surface area contributed by atoms with Gasteiger partial charge in [0.1, 0.15) is 0 Å². The zero-order chi connectivity index (χ0) is 10.4. The molecule has 1 saturated carbocycles. The van der Waals surface area contributed by atoms with Crippen LogP contribution in [0.4, 0.5) is 8.78 Å². The van der Waals surface area contributed by atoms with Crippen LogP contribution >= 0.6 is 0 Å². The van der Waals surface area contributed by atoms with Gasteiger partial charge in [-0.05, 0) is 26.3 Å². The maximum atomic E-state index is 12.6. The molecule has 82 valence electrons. The van der Waals surface area contributed by atoms with Gasteiger partial charge in [0.2, 0.25) is 0 Å². The van der Waals surface area contributed by atoms with E-state index in [-0.39, 0.29) is 6.42 Å². The first-order chi connectivity index (χ1) is 6.41. The Morgan fingerprint density at radius 2 is 2.14 bits per heavy atom. The number of hydrogen-bond acceptors (Lipinski definition) is 2. The predicted molar refractivity (Wildman–Crippen MR) is 49.4 cm³/mol. The van der Waals surface area contributed by atoms with Crippen molar-refractivity contribution in [3.05, 3.63) is 0 Å². The van der Waals surface area contributed by atoms with E-state index in [4.69, 9.17) is 0 Å². The van der Waals surface area contributed by atoms with E-state index in [0.717, 1.165) is 13.0 Å². The van der Waals surface area contributed by atoms with Crippen molar-refractivity contribution in [2.75, 3.05) is 20.1 Å². The third kappa shape index (κ3) is 2.06. The summed E-state index contributed by atoms with van der Waals surface area (Å²) in [6.45, 7) is 1.50. The van der Waals surface area contributed by atoms with Crippen molar-refractivity contribution in [3.63, 3.8) is 0 Å². The lowest BCUT2D eigenvalue weighted by atomic mass is 9.95. The topological polar surface area (TPSA) is 23.5 Å². The van der Waals surface area contributed by atoms with Crippen LogP contribution in [0.5, 0.6) is 0 Å². The highest BCUT2D eigenvalue weighted by atomic mass is 19.3. The highest BCUT2D eigenvalue weighted by Gasteiger charge is 2.56. The lowest BCUT2D eigenvalue weighted by molar-refractivity contribution is 0.0326. The van der Waals surface area contributed by atoms with Crippen molar-refractivity contribution in [2.45, 2.75) is 37.2 Å². The van der Waals surface area contributed by atoms with Gasteiger partial charge in [-0.25, -0.2) is 8.78 Å². The summed E-state index contributed by atoms with van der Waals surface area (Å²) < 4.78 is 25.2. The summed E-state index contributed by atoms with van der Waals surface area (Å²) in [4.78, 5) is 2.05. The normalized spacial score (nSPS) is 41.6. The molecule has 4 heteroatoms. The maximum Gasteiger partial charge on any atom is 0.251 e. The Balaban J connectivity index is 1.76. The number of hydrogen-bond donors (Lipinski definition) is 1. The molecule has 1 heterocycles. The van der Waals surface area contributed by atoms with Gasteiger partial charge >= 0.3 is 0 Å². The smallest absolute Gasteiger partial charge is 0.251 e. The van der Waals surface area contributed by atoms with Gasteiger partial charge in [0.15, 0.2) is 0 Å². The number of alkyl halides is 2. The van der Waals surface area contributed by atoms with Gasteiger partial charge in [-0.1, -0.05) is 0 Å². The molecule has 2 aliphatic rings. The first-order valence-electron chi connectivity index (χ1n) is 5.20. The highest BCUT2D eigenvalue weighted by molar-refractivity contribution is 4.97. The monoisotopic (exact) mass is 205 g/mol. The Bertz CT molecular complexity index is 234. The van der Waals surface area contributed by atoms with E-state index in [2.05, 4.69) is 0 Å². The van der Waals surface area contributed by atoms with Crippen LogP contribution in [0, 0.1) is 5.92 Å². The van der Waals surface area contributed by atoms with E-state index in [1.54, 1.807) is 0 Å². The van der Waals surface area contributed by atoms with Crippen molar-refractivity contribution in [1.29, 1.82) is 0 Å². The molecule has 0 amide bonds. The molecule has 0 aromatic heterocycles. The second-order valence-corrected chi connectivity index (χ2v) is 4.91. The molecule has 1 N–H and O–H groups in total. The minimum atomic E-state index is -2.43. The third-order valence-corrected chi connectivity index (χ3v) is 3.44. The standard InChI is InChI=1S/C10H17F2NO/c1-13-5-4-9(14,7-13)3-2-8-6-10(8,11)12/h8,14H,2-7H2,1H3. The lowest BCUT2D eigenvalue weighted by Crippen LogP contribution is -2.32. The zero-order valence-electron chi connectivity index (χ0n) is 8.47. The second-order valence-electron chi connectivity index (χ2n) is 4.91. The number of rotatable bonds is 3. The molecule has 14 heavy (non-hydrogen) atoms. The van der Waals surface area contributed by atoms with Crippen molar-refractivity contribution < 1.29 is 13.9 Å². The Labute approximate surface area is 82.9 Å². The molecule has 2 rings (SSSR count). The first kappa shape index (κ1) is 10.3. The average Bonchev–Trinajstić information content (AvgIpc) is 2.53. The highest BCUT2D eigenvalue weighted by Crippen LogP contribution is 2.52. The molecule has 0 aromatic rings. The van der Waals surface area contributed by atoms with Crippen molar-refractivity contribution in [2.24, 2.45) is 5.92 Å². The molecule has 1 aliphatic carbocycles. The van der Waals surface area contributed by atoms with E-state index < -0.39 is 17.4 Å². The summed E-state index contributed by atoms with van der Waals surface area (Å²) in [5, 5.41) is 10.0. The van der Waals surface area contributed by atoms with Crippen molar-refractivity contribution in [1.82, 2.24) is 4.90 Å². The molecule has 1 aliphatic heterocycles. The average molecular weight is 205 g/mol. The SMILES string of the molecule is CN1CCC(O)(CCC2CC2(F)F)C1. The quantitative estimate of drug-likeness (QED) is 0.754. The zero-order valence-corrected chi connectivity index (χ0v) is 8.47. The van der Waals surface area contributed by atoms with Gasteiger partial charge in [0.05, 0.1) is 5.60 Å². The molecular weight excluding hydrogens is 188 g/mol. The summed E-state index contributed by atoms with van der Waals surface area (Å²) >= 11 is 0. The van der Waals surface area contributed by atoms with Crippen LogP contribution in [-0.2, 0) is 0 Å². The number of likely N-dealkylation sites (N-methyl/N-ethyl adjacent to an activating group) is 1. The minimum absolute atomic E-state index is 0.0267. The van der Waals surface area contributed by atoms with Gasteiger partial charge in [-0.15, -0.1) is 0 Å². The van der Waals surface area contributed by atoms with E-state index in [9.17, 15) is 13.9 Å². The van der Waals surface area contributed by atoms with Crippen LogP contribution in [-0.4, -0.2) is 41.7 Å². The minimum Gasteiger partial charge on any atom is -0.389 e. The maximum absolute atomic E-state index is 12.6. The van der Waals surface area contributed by atoms with E-state index in [1.165, 1.54) is 0 Å². The van der Waals surface area contributed by atoms with Crippen molar-refractivity contribution >= 4 is 0 Å². The Morgan fingerprint density at radius 3 is 2.57 bits per heavy atom. The van der Waals surface area contributed by atoms with Crippen LogP contribution in [0.2, 0.25) is 0 Å². The Kier molecular flexibility index (Phi) is 2.31. The number of halogens is 2. The van der Waals surface area contributed by atoms with Gasteiger partial charge in [0.25, 0.3) is 5.92 Å². The van der Waals surface area contributed by atoms with Crippen LogP contribution in [0.3, 0.4) is 0 Å². The molecular formula is C10H17F2NO. The second kappa shape index (κ2) is 3.14. The van der Waals surface area contributed by atoms with Crippen LogP contribution in [0.15, 0.2) is 0 Å². The number of β-amino-alcohol motifs (C(OH)–C–C–N with tert-alkyl or cyclic N) is 1. The van der Waals surface area contributed by atoms with E-state index >= 15 is 0 Å². The summed E-state index contributed by atoms with van der Waals surface area (Å²) in [5.41, 5.74) is -0.701. The summed E-state index contributed by atoms with van der Waals surface area (Å²) in [7, 11) is 1.95.